The van der Waals surface area contributed by atoms with Crippen molar-refractivity contribution < 1.29 is 22.4 Å². The molecule has 6 nitrogen and oxygen atoms in total. The van der Waals surface area contributed by atoms with Crippen molar-refractivity contribution in [2.24, 2.45) is 11.1 Å². The fraction of sp³-hybridized carbons (Fsp3) is 0.273. The number of amides is 2. The molecule has 2 rings (SSSR count). The first kappa shape index (κ1) is 14.9. The van der Waals surface area contributed by atoms with Crippen LogP contribution in [0.2, 0.25) is 5.02 Å². The van der Waals surface area contributed by atoms with Crippen LogP contribution < -0.4 is 10.0 Å². The van der Waals surface area contributed by atoms with E-state index >= 15 is 0 Å². The van der Waals surface area contributed by atoms with Gasteiger partial charge in [0.1, 0.15) is 6.67 Å². The maximum absolute atomic E-state index is 12.6. The van der Waals surface area contributed by atoms with Crippen LogP contribution in [0.3, 0.4) is 0 Å². The van der Waals surface area contributed by atoms with E-state index in [0.29, 0.717) is 0 Å². The van der Waals surface area contributed by atoms with E-state index in [-0.39, 0.29) is 22.0 Å². The first-order chi connectivity index (χ1) is 9.25. The van der Waals surface area contributed by atoms with Crippen molar-refractivity contribution in [1.82, 2.24) is 0 Å². The summed E-state index contributed by atoms with van der Waals surface area (Å²) in [5.74, 6) is -2.29. The number of halogens is 2. The zero-order valence-electron chi connectivity index (χ0n) is 10.0. The Labute approximate surface area is 119 Å². The van der Waals surface area contributed by atoms with E-state index in [1.807, 2.05) is 0 Å². The molecule has 1 saturated heterocycles. The number of carbonyl (C=O) groups is 2. The van der Waals surface area contributed by atoms with Crippen LogP contribution in [0.1, 0.15) is 6.42 Å². The minimum atomic E-state index is -3.94. The van der Waals surface area contributed by atoms with E-state index in [0.717, 1.165) is 17.0 Å². The fourth-order valence-electron chi connectivity index (χ4n) is 1.91. The summed E-state index contributed by atoms with van der Waals surface area (Å²) in [5, 5.41) is 4.82. The second-order valence-electron chi connectivity index (χ2n) is 4.28. The summed E-state index contributed by atoms with van der Waals surface area (Å²) in [7, 11) is -3.94. The molecule has 9 heteroatoms. The molecule has 1 fully saturated rings. The third kappa shape index (κ3) is 2.54. The van der Waals surface area contributed by atoms with Gasteiger partial charge in [-0.3, -0.25) is 14.0 Å². The van der Waals surface area contributed by atoms with Crippen LogP contribution >= 0.6 is 11.6 Å². The summed E-state index contributed by atoms with van der Waals surface area (Å²) in [4.78, 5) is 24.1. The standard InChI is InChI=1S/C11H10ClFN2O4S/c12-8-4-7(20(14,18)19)1-2-9(8)15-10(16)3-6(5-13)11(15)17/h1-2,4,6H,3,5H2,(H2,14,18,19). The molecule has 0 bridgehead atoms. The highest BCUT2D eigenvalue weighted by Crippen LogP contribution is 2.33. The monoisotopic (exact) mass is 320 g/mol. The Morgan fingerprint density at radius 2 is 2.05 bits per heavy atom. The van der Waals surface area contributed by atoms with Gasteiger partial charge < -0.3 is 0 Å². The lowest BCUT2D eigenvalue weighted by Gasteiger charge is -2.16. The van der Waals surface area contributed by atoms with Crippen LogP contribution in [0.5, 0.6) is 0 Å². The van der Waals surface area contributed by atoms with Crippen LogP contribution in [0.4, 0.5) is 10.1 Å². The molecule has 2 N–H and O–H groups in total. The van der Waals surface area contributed by atoms with Gasteiger partial charge in [0, 0.05) is 6.42 Å². The zero-order chi connectivity index (χ0) is 15.1. The second kappa shape index (κ2) is 5.12. The molecule has 1 heterocycles. The number of alkyl halides is 1. The molecular formula is C11H10ClFN2O4S. The summed E-state index contributed by atoms with van der Waals surface area (Å²) in [6.45, 7) is -0.937. The molecule has 1 aromatic carbocycles. The Morgan fingerprint density at radius 1 is 1.40 bits per heavy atom. The lowest BCUT2D eigenvalue weighted by molar-refractivity contribution is -0.122. The number of benzene rings is 1. The van der Waals surface area contributed by atoms with E-state index in [2.05, 4.69) is 0 Å². The second-order valence-corrected chi connectivity index (χ2v) is 6.25. The van der Waals surface area contributed by atoms with Crippen LogP contribution in [0, 0.1) is 5.92 Å². The van der Waals surface area contributed by atoms with Gasteiger partial charge in [0.05, 0.1) is 21.5 Å². The van der Waals surface area contributed by atoms with E-state index < -0.39 is 34.4 Å². The topological polar surface area (TPSA) is 97.5 Å². The molecule has 108 valence electrons. The number of carbonyl (C=O) groups excluding carboxylic acids is 2. The number of hydrogen-bond donors (Lipinski definition) is 1. The number of rotatable bonds is 3. The van der Waals surface area contributed by atoms with Crippen molar-refractivity contribution in [3.05, 3.63) is 23.2 Å². The summed E-state index contributed by atoms with van der Waals surface area (Å²) in [6.07, 6.45) is -0.234. The van der Waals surface area contributed by atoms with Gasteiger partial charge in [0.2, 0.25) is 21.8 Å². The molecule has 1 aliphatic heterocycles. The summed E-state index contributed by atoms with van der Waals surface area (Å²) in [6, 6.07) is 3.36. The van der Waals surface area contributed by atoms with Gasteiger partial charge in [-0.2, -0.15) is 0 Å². The quantitative estimate of drug-likeness (QED) is 0.834. The molecule has 1 atom stereocenters. The molecule has 1 unspecified atom stereocenters. The lowest BCUT2D eigenvalue weighted by atomic mass is 10.1. The smallest absolute Gasteiger partial charge is 0.240 e. The minimum Gasteiger partial charge on any atom is -0.274 e. The van der Waals surface area contributed by atoms with Gasteiger partial charge in [-0.05, 0) is 18.2 Å². The van der Waals surface area contributed by atoms with E-state index in [1.54, 1.807) is 0 Å². The van der Waals surface area contributed by atoms with E-state index in [4.69, 9.17) is 16.7 Å². The predicted octanol–water partition coefficient (Wildman–Crippen LogP) is 0.836. The zero-order valence-corrected chi connectivity index (χ0v) is 11.6. The van der Waals surface area contributed by atoms with Crippen molar-refractivity contribution >= 4 is 39.1 Å². The molecule has 0 saturated carbocycles. The molecule has 20 heavy (non-hydrogen) atoms. The van der Waals surface area contributed by atoms with Crippen molar-refractivity contribution in [3.63, 3.8) is 0 Å². The molecule has 0 aromatic heterocycles. The Kier molecular flexibility index (Phi) is 3.81. The number of primary sulfonamides is 1. The minimum absolute atomic E-state index is 0.0185. The summed E-state index contributed by atoms with van der Waals surface area (Å²) >= 11 is 5.88. The normalized spacial score (nSPS) is 19.8. The largest absolute Gasteiger partial charge is 0.274 e. The van der Waals surface area contributed by atoms with Gasteiger partial charge in [-0.25, -0.2) is 18.5 Å². The highest BCUT2D eigenvalue weighted by Gasteiger charge is 2.40. The van der Waals surface area contributed by atoms with Gasteiger partial charge in [0.25, 0.3) is 0 Å². The number of anilines is 1. The molecule has 1 aliphatic rings. The van der Waals surface area contributed by atoms with Crippen molar-refractivity contribution in [3.8, 4) is 0 Å². The lowest BCUT2D eigenvalue weighted by Crippen LogP contribution is -2.31. The average Bonchev–Trinajstić information content (AvgIpc) is 2.63. The van der Waals surface area contributed by atoms with Crippen LogP contribution in [0.25, 0.3) is 0 Å². The molecular weight excluding hydrogens is 311 g/mol. The number of nitrogens with two attached hydrogens (primary N) is 1. The first-order valence-corrected chi connectivity index (χ1v) is 7.43. The van der Waals surface area contributed by atoms with Crippen LogP contribution in [0.15, 0.2) is 23.1 Å². The van der Waals surface area contributed by atoms with Crippen molar-refractivity contribution in [1.29, 1.82) is 0 Å². The first-order valence-electron chi connectivity index (χ1n) is 5.51. The Hall–Kier alpha value is -1.51. The van der Waals surface area contributed by atoms with E-state index in [9.17, 15) is 22.4 Å². The summed E-state index contributed by atoms with van der Waals surface area (Å²) in [5.41, 5.74) is 0.0185. The Morgan fingerprint density at radius 3 is 2.50 bits per heavy atom. The number of imide groups is 1. The summed E-state index contributed by atoms with van der Waals surface area (Å²) < 4.78 is 34.9. The molecule has 0 spiro atoms. The van der Waals surface area contributed by atoms with Gasteiger partial charge in [-0.15, -0.1) is 0 Å². The maximum atomic E-state index is 12.6. The Bertz CT molecular complexity index is 692. The average molecular weight is 321 g/mol. The van der Waals surface area contributed by atoms with Crippen molar-refractivity contribution in [2.75, 3.05) is 11.6 Å². The van der Waals surface area contributed by atoms with Gasteiger partial charge in [-0.1, -0.05) is 11.6 Å². The van der Waals surface area contributed by atoms with Crippen LogP contribution in [-0.2, 0) is 19.6 Å². The molecule has 2 amide bonds. The number of sulfonamides is 1. The molecule has 0 radical (unpaired) electrons. The third-order valence-corrected chi connectivity index (χ3v) is 4.13. The fourth-order valence-corrected chi connectivity index (χ4v) is 2.78. The highest BCUT2D eigenvalue weighted by molar-refractivity contribution is 7.89. The van der Waals surface area contributed by atoms with Crippen molar-refractivity contribution in [2.45, 2.75) is 11.3 Å². The molecule has 1 aromatic rings. The number of nitrogens with zero attached hydrogens (tertiary/aromatic N) is 1. The third-order valence-electron chi connectivity index (χ3n) is 2.91. The predicted molar refractivity (Wildman–Crippen MR) is 69.4 cm³/mol. The number of hydrogen-bond acceptors (Lipinski definition) is 4. The van der Waals surface area contributed by atoms with Crippen LogP contribution in [-0.4, -0.2) is 26.9 Å². The Balaban J connectivity index is 2.45. The van der Waals surface area contributed by atoms with Gasteiger partial charge >= 0.3 is 0 Å². The highest BCUT2D eigenvalue weighted by atomic mass is 35.5. The SMILES string of the molecule is NS(=O)(=O)c1ccc(N2C(=O)CC(CF)C2=O)c(Cl)c1. The van der Waals surface area contributed by atoms with Gasteiger partial charge in [0.15, 0.2) is 0 Å². The maximum Gasteiger partial charge on any atom is 0.240 e. The molecule has 0 aliphatic carbocycles. The van der Waals surface area contributed by atoms with E-state index in [1.165, 1.54) is 6.07 Å².